The van der Waals surface area contributed by atoms with Crippen LogP contribution in [0.25, 0.3) is 0 Å². The van der Waals surface area contributed by atoms with Crippen molar-refractivity contribution >= 4 is 0 Å². The summed E-state index contributed by atoms with van der Waals surface area (Å²) in [6.45, 7) is 5.90. The van der Waals surface area contributed by atoms with E-state index in [0.717, 1.165) is 19.3 Å². The van der Waals surface area contributed by atoms with Gasteiger partial charge in [-0.2, -0.15) is 0 Å². The average Bonchev–Trinajstić information content (AvgIpc) is 2.91. The van der Waals surface area contributed by atoms with E-state index in [1.54, 1.807) is 0 Å². The predicted octanol–water partition coefficient (Wildman–Crippen LogP) is 1.55. The molecule has 0 amide bonds. The fraction of sp³-hybridized carbons (Fsp3) is 1.00. The first-order valence-electron chi connectivity index (χ1n) is 6.83. The minimum atomic E-state index is -0.580. The molecule has 5 nitrogen and oxygen atoms in total. The van der Waals surface area contributed by atoms with Gasteiger partial charge >= 0.3 is 0 Å². The summed E-state index contributed by atoms with van der Waals surface area (Å²) in [7, 11) is 0. The Morgan fingerprint density at radius 2 is 1.83 bits per heavy atom. The fourth-order valence-electron chi connectivity index (χ4n) is 3.60. The van der Waals surface area contributed by atoms with Gasteiger partial charge in [0, 0.05) is 12.8 Å². The molecule has 4 rings (SSSR count). The molecule has 4 heterocycles. The fourth-order valence-corrected chi connectivity index (χ4v) is 3.60. The molecule has 0 aliphatic carbocycles. The average molecular weight is 256 g/mol. The SMILES string of the molecule is C[C@H]1CCC2(C[C@H]3O[C@@H]4OC(C)(C)O[C@@H]4[C@H]3O2)O1. The van der Waals surface area contributed by atoms with Crippen molar-refractivity contribution in [2.75, 3.05) is 0 Å². The molecule has 18 heavy (non-hydrogen) atoms. The highest BCUT2D eigenvalue weighted by Gasteiger charge is 2.63. The first-order chi connectivity index (χ1) is 8.46. The van der Waals surface area contributed by atoms with E-state index in [-0.39, 0.29) is 30.7 Å². The number of fused-ring (bicyclic) bond motifs is 3. The van der Waals surface area contributed by atoms with Crippen LogP contribution in [0.5, 0.6) is 0 Å². The largest absolute Gasteiger partial charge is 0.347 e. The summed E-state index contributed by atoms with van der Waals surface area (Å²) in [5.41, 5.74) is 0. The van der Waals surface area contributed by atoms with Crippen LogP contribution >= 0.6 is 0 Å². The smallest absolute Gasteiger partial charge is 0.190 e. The van der Waals surface area contributed by atoms with Crippen molar-refractivity contribution in [3.63, 3.8) is 0 Å². The molecule has 0 N–H and O–H groups in total. The number of hydrogen-bond donors (Lipinski definition) is 0. The minimum Gasteiger partial charge on any atom is -0.347 e. The van der Waals surface area contributed by atoms with Gasteiger partial charge in [-0.15, -0.1) is 0 Å². The molecule has 4 saturated heterocycles. The first-order valence-corrected chi connectivity index (χ1v) is 6.83. The summed E-state index contributed by atoms with van der Waals surface area (Å²) in [4.78, 5) is 0. The number of rotatable bonds is 0. The molecule has 0 aromatic rings. The van der Waals surface area contributed by atoms with Crippen molar-refractivity contribution in [1.82, 2.24) is 0 Å². The van der Waals surface area contributed by atoms with E-state index in [4.69, 9.17) is 23.7 Å². The molecule has 0 radical (unpaired) electrons. The molecule has 6 atom stereocenters. The molecule has 1 spiro atoms. The summed E-state index contributed by atoms with van der Waals surface area (Å²) < 4.78 is 29.6. The van der Waals surface area contributed by atoms with Crippen LogP contribution < -0.4 is 0 Å². The van der Waals surface area contributed by atoms with Crippen molar-refractivity contribution in [3.8, 4) is 0 Å². The third kappa shape index (κ3) is 1.58. The quantitative estimate of drug-likeness (QED) is 0.658. The van der Waals surface area contributed by atoms with E-state index in [0.29, 0.717) is 0 Å². The highest BCUT2D eigenvalue weighted by molar-refractivity contribution is 5.02. The lowest BCUT2D eigenvalue weighted by molar-refractivity contribution is -0.232. The Morgan fingerprint density at radius 3 is 2.56 bits per heavy atom. The monoisotopic (exact) mass is 256 g/mol. The molecular formula is C13H20O5. The Kier molecular flexibility index (Phi) is 2.23. The molecule has 0 bridgehead atoms. The van der Waals surface area contributed by atoms with Crippen LogP contribution in [0.15, 0.2) is 0 Å². The van der Waals surface area contributed by atoms with Gasteiger partial charge in [0.2, 0.25) is 0 Å². The second-order valence-electron chi connectivity index (χ2n) is 6.31. The Hall–Kier alpha value is -0.200. The van der Waals surface area contributed by atoms with Crippen LogP contribution in [-0.4, -0.2) is 42.3 Å². The van der Waals surface area contributed by atoms with Crippen LogP contribution in [0.3, 0.4) is 0 Å². The molecule has 4 aliphatic rings. The van der Waals surface area contributed by atoms with E-state index in [1.165, 1.54) is 0 Å². The van der Waals surface area contributed by atoms with Gasteiger partial charge in [0.25, 0.3) is 0 Å². The normalized spacial score (nSPS) is 57.2. The summed E-state index contributed by atoms with van der Waals surface area (Å²) in [5, 5.41) is 0. The van der Waals surface area contributed by atoms with Crippen LogP contribution in [-0.2, 0) is 23.7 Å². The molecule has 0 aromatic carbocycles. The predicted molar refractivity (Wildman–Crippen MR) is 60.7 cm³/mol. The van der Waals surface area contributed by atoms with E-state index in [9.17, 15) is 0 Å². The minimum absolute atomic E-state index is 0.0430. The molecule has 102 valence electrons. The molecule has 5 heteroatoms. The van der Waals surface area contributed by atoms with Crippen molar-refractivity contribution in [3.05, 3.63) is 0 Å². The maximum atomic E-state index is 6.16. The zero-order valence-corrected chi connectivity index (χ0v) is 11.0. The second-order valence-corrected chi connectivity index (χ2v) is 6.31. The van der Waals surface area contributed by atoms with Gasteiger partial charge in [-0.1, -0.05) is 0 Å². The topological polar surface area (TPSA) is 46.2 Å². The van der Waals surface area contributed by atoms with Gasteiger partial charge in [0.1, 0.15) is 12.2 Å². The molecule has 0 aromatic heterocycles. The van der Waals surface area contributed by atoms with Crippen molar-refractivity contribution < 1.29 is 23.7 Å². The van der Waals surface area contributed by atoms with E-state index < -0.39 is 11.6 Å². The molecular weight excluding hydrogens is 236 g/mol. The van der Waals surface area contributed by atoms with Crippen LogP contribution in [0.1, 0.15) is 40.0 Å². The Balaban J connectivity index is 1.52. The lowest BCUT2D eigenvalue weighted by atomic mass is 10.1. The molecule has 1 unspecified atom stereocenters. The standard InChI is InChI=1S/C13H20O5/c1-7-4-5-13(15-7)6-8-9(17-13)10-11(14-8)18-12(2,3)16-10/h7-11H,4-6H2,1-3H3/t7-,8+,9-,10+,11+,13?/m0/s1. The van der Waals surface area contributed by atoms with E-state index >= 15 is 0 Å². The Labute approximate surface area is 107 Å². The summed E-state index contributed by atoms with van der Waals surface area (Å²) in [5.74, 6) is -1.01. The first kappa shape index (κ1) is 11.6. The van der Waals surface area contributed by atoms with Crippen LogP contribution in [0.4, 0.5) is 0 Å². The van der Waals surface area contributed by atoms with Gasteiger partial charge in [-0.05, 0) is 27.2 Å². The van der Waals surface area contributed by atoms with Crippen molar-refractivity contribution in [1.29, 1.82) is 0 Å². The van der Waals surface area contributed by atoms with Crippen LogP contribution in [0, 0.1) is 0 Å². The van der Waals surface area contributed by atoms with Crippen molar-refractivity contribution in [2.24, 2.45) is 0 Å². The number of ether oxygens (including phenoxy) is 5. The highest BCUT2D eigenvalue weighted by atomic mass is 16.9. The van der Waals surface area contributed by atoms with Crippen molar-refractivity contribution in [2.45, 2.75) is 82.3 Å². The Morgan fingerprint density at radius 1 is 1.00 bits per heavy atom. The molecule has 4 fully saturated rings. The highest BCUT2D eigenvalue weighted by Crippen LogP contribution is 2.50. The maximum Gasteiger partial charge on any atom is 0.190 e. The summed E-state index contributed by atoms with van der Waals surface area (Å²) >= 11 is 0. The summed E-state index contributed by atoms with van der Waals surface area (Å²) in [6, 6.07) is 0. The van der Waals surface area contributed by atoms with E-state index in [1.807, 2.05) is 13.8 Å². The van der Waals surface area contributed by atoms with Gasteiger partial charge in [0.15, 0.2) is 17.9 Å². The lowest BCUT2D eigenvalue weighted by Crippen LogP contribution is -2.36. The van der Waals surface area contributed by atoms with Gasteiger partial charge in [-0.3, -0.25) is 0 Å². The summed E-state index contributed by atoms with van der Waals surface area (Å²) in [6.07, 6.45) is 2.65. The van der Waals surface area contributed by atoms with Gasteiger partial charge < -0.3 is 23.7 Å². The third-order valence-corrected chi connectivity index (χ3v) is 4.30. The van der Waals surface area contributed by atoms with Gasteiger partial charge in [0.05, 0.1) is 12.2 Å². The lowest BCUT2D eigenvalue weighted by Gasteiger charge is -2.25. The maximum absolute atomic E-state index is 6.16. The second kappa shape index (κ2) is 3.46. The molecule has 4 aliphatic heterocycles. The van der Waals surface area contributed by atoms with Crippen LogP contribution in [0.2, 0.25) is 0 Å². The Bertz CT molecular complexity index is 370. The zero-order chi connectivity index (χ0) is 12.5. The zero-order valence-electron chi connectivity index (χ0n) is 11.0. The van der Waals surface area contributed by atoms with Gasteiger partial charge in [-0.25, -0.2) is 0 Å². The third-order valence-electron chi connectivity index (χ3n) is 4.30. The molecule has 0 saturated carbocycles. The van der Waals surface area contributed by atoms with E-state index in [2.05, 4.69) is 6.92 Å². The number of hydrogen-bond acceptors (Lipinski definition) is 5.